The van der Waals surface area contributed by atoms with Crippen molar-refractivity contribution in [1.82, 2.24) is 15.3 Å². The van der Waals surface area contributed by atoms with Crippen LogP contribution < -0.4 is 15.5 Å². The van der Waals surface area contributed by atoms with Crippen LogP contribution in [-0.2, 0) is 0 Å². The van der Waals surface area contributed by atoms with E-state index in [0.717, 1.165) is 30.2 Å². The van der Waals surface area contributed by atoms with Gasteiger partial charge in [-0.1, -0.05) is 17.7 Å². The van der Waals surface area contributed by atoms with Gasteiger partial charge in [0, 0.05) is 43.5 Å². The van der Waals surface area contributed by atoms with E-state index in [4.69, 9.17) is 0 Å². The van der Waals surface area contributed by atoms with Crippen LogP contribution in [0.5, 0.6) is 0 Å². The molecule has 0 spiro atoms. The molecule has 1 amide bonds. The van der Waals surface area contributed by atoms with Gasteiger partial charge < -0.3 is 15.5 Å². The van der Waals surface area contributed by atoms with Gasteiger partial charge in [-0.05, 0) is 38.8 Å². The zero-order valence-corrected chi connectivity index (χ0v) is 14.9. The Morgan fingerprint density at radius 3 is 2.52 bits per heavy atom. The van der Waals surface area contributed by atoms with Crippen LogP contribution in [0.15, 0.2) is 30.3 Å². The fourth-order valence-corrected chi connectivity index (χ4v) is 2.90. The summed E-state index contributed by atoms with van der Waals surface area (Å²) in [6.07, 6.45) is 2.44. The molecule has 0 saturated carbocycles. The molecule has 25 heavy (non-hydrogen) atoms. The van der Waals surface area contributed by atoms with Gasteiger partial charge in [0.05, 0.1) is 0 Å². The van der Waals surface area contributed by atoms with Crippen molar-refractivity contribution in [2.75, 3.05) is 36.4 Å². The molecule has 0 unspecified atom stereocenters. The first kappa shape index (κ1) is 17.2. The molecule has 2 N–H and O–H groups in total. The van der Waals surface area contributed by atoms with E-state index in [1.165, 1.54) is 12.8 Å². The minimum absolute atomic E-state index is 0.0651. The molecular weight excluding hydrogens is 314 g/mol. The Labute approximate surface area is 148 Å². The number of nitrogens with one attached hydrogen (secondary N) is 2. The Hall–Kier alpha value is -2.63. The molecule has 1 saturated heterocycles. The predicted molar refractivity (Wildman–Crippen MR) is 100 cm³/mol. The molecule has 2 heterocycles. The van der Waals surface area contributed by atoms with Gasteiger partial charge in [0.1, 0.15) is 5.82 Å². The summed E-state index contributed by atoms with van der Waals surface area (Å²) in [5.41, 5.74) is 2.76. The summed E-state index contributed by atoms with van der Waals surface area (Å²) in [5.74, 6) is 1.53. The van der Waals surface area contributed by atoms with Crippen molar-refractivity contribution in [1.29, 1.82) is 0 Å². The van der Waals surface area contributed by atoms with Gasteiger partial charge in [-0.25, -0.2) is 4.98 Å². The van der Waals surface area contributed by atoms with Gasteiger partial charge in [0.25, 0.3) is 5.91 Å². The summed E-state index contributed by atoms with van der Waals surface area (Å²) in [6, 6.07) is 9.57. The maximum Gasteiger partial charge on any atom is 0.251 e. The van der Waals surface area contributed by atoms with Crippen LogP contribution in [0.1, 0.15) is 34.5 Å². The summed E-state index contributed by atoms with van der Waals surface area (Å²) >= 11 is 0. The maximum atomic E-state index is 12.1. The molecule has 0 aliphatic carbocycles. The number of rotatable bonds is 6. The number of carbonyl (C=O) groups excluding carboxylic acids is 1. The average molecular weight is 339 g/mol. The molecule has 6 heteroatoms. The standard InChI is InChI=1S/C19H25N5O/c1-14-5-7-16(8-6-14)18(25)20-9-10-21-19-22-15(2)13-17(23-19)24-11-3-4-12-24/h5-8,13H,3-4,9-12H2,1-2H3,(H,20,25)(H,21,22,23). The number of benzene rings is 1. The largest absolute Gasteiger partial charge is 0.356 e. The van der Waals surface area contributed by atoms with E-state index in [0.29, 0.717) is 24.6 Å². The summed E-state index contributed by atoms with van der Waals surface area (Å²) in [6.45, 7) is 7.20. The molecule has 3 rings (SSSR count). The van der Waals surface area contributed by atoms with Crippen LogP contribution in [0.4, 0.5) is 11.8 Å². The van der Waals surface area contributed by atoms with E-state index in [1.807, 2.05) is 44.2 Å². The normalized spacial score (nSPS) is 13.8. The van der Waals surface area contributed by atoms with Gasteiger partial charge in [0.2, 0.25) is 5.95 Å². The number of hydrogen-bond donors (Lipinski definition) is 2. The van der Waals surface area contributed by atoms with E-state index in [9.17, 15) is 4.79 Å². The van der Waals surface area contributed by atoms with Crippen molar-refractivity contribution >= 4 is 17.7 Å². The van der Waals surface area contributed by atoms with Crippen LogP contribution in [-0.4, -0.2) is 42.1 Å². The number of aryl methyl sites for hydroxylation is 2. The summed E-state index contributed by atoms with van der Waals surface area (Å²) in [5, 5.41) is 6.11. The Kier molecular flexibility index (Phi) is 5.48. The number of aromatic nitrogens is 2. The lowest BCUT2D eigenvalue weighted by molar-refractivity contribution is 0.0955. The Morgan fingerprint density at radius 1 is 1.08 bits per heavy atom. The van der Waals surface area contributed by atoms with Gasteiger partial charge >= 0.3 is 0 Å². The van der Waals surface area contributed by atoms with Gasteiger partial charge in [0.15, 0.2) is 0 Å². The number of anilines is 2. The first-order valence-corrected chi connectivity index (χ1v) is 8.81. The van der Waals surface area contributed by atoms with E-state index < -0.39 is 0 Å². The molecular formula is C19H25N5O. The van der Waals surface area contributed by atoms with E-state index >= 15 is 0 Å². The van der Waals surface area contributed by atoms with Crippen LogP contribution in [0, 0.1) is 13.8 Å². The third kappa shape index (κ3) is 4.68. The highest BCUT2D eigenvalue weighted by molar-refractivity contribution is 5.94. The quantitative estimate of drug-likeness (QED) is 0.792. The van der Waals surface area contributed by atoms with Crippen molar-refractivity contribution in [2.24, 2.45) is 0 Å². The second-order valence-electron chi connectivity index (χ2n) is 6.43. The fraction of sp³-hybridized carbons (Fsp3) is 0.421. The van der Waals surface area contributed by atoms with Crippen LogP contribution >= 0.6 is 0 Å². The third-order valence-electron chi connectivity index (χ3n) is 4.28. The zero-order valence-electron chi connectivity index (χ0n) is 14.9. The predicted octanol–water partition coefficient (Wildman–Crippen LogP) is 2.54. The topological polar surface area (TPSA) is 70.2 Å². The van der Waals surface area contributed by atoms with E-state index in [-0.39, 0.29) is 5.91 Å². The second-order valence-corrected chi connectivity index (χ2v) is 6.43. The molecule has 2 aromatic rings. The summed E-state index contributed by atoms with van der Waals surface area (Å²) < 4.78 is 0. The highest BCUT2D eigenvalue weighted by Crippen LogP contribution is 2.19. The van der Waals surface area contributed by atoms with Crippen LogP contribution in [0.2, 0.25) is 0 Å². The maximum absolute atomic E-state index is 12.1. The zero-order chi connectivity index (χ0) is 17.6. The minimum Gasteiger partial charge on any atom is -0.356 e. The van der Waals surface area contributed by atoms with E-state index in [2.05, 4.69) is 25.5 Å². The fourth-order valence-electron chi connectivity index (χ4n) is 2.90. The van der Waals surface area contributed by atoms with E-state index in [1.54, 1.807) is 0 Å². The molecule has 6 nitrogen and oxygen atoms in total. The lowest BCUT2D eigenvalue weighted by atomic mass is 10.1. The average Bonchev–Trinajstić information content (AvgIpc) is 3.13. The summed E-state index contributed by atoms with van der Waals surface area (Å²) in [4.78, 5) is 23.4. The number of hydrogen-bond acceptors (Lipinski definition) is 5. The SMILES string of the molecule is Cc1ccc(C(=O)NCCNc2nc(C)cc(N3CCCC3)n2)cc1. The molecule has 0 radical (unpaired) electrons. The van der Waals surface area contributed by atoms with Gasteiger partial charge in [-0.3, -0.25) is 4.79 Å². The molecule has 0 atom stereocenters. The molecule has 1 fully saturated rings. The first-order valence-electron chi connectivity index (χ1n) is 8.81. The van der Waals surface area contributed by atoms with Gasteiger partial charge in [-0.15, -0.1) is 0 Å². The smallest absolute Gasteiger partial charge is 0.251 e. The van der Waals surface area contributed by atoms with Crippen molar-refractivity contribution in [3.8, 4) is 0 Å². The molecule has 1 aromatic carbocycles. The lowest BCUT2D eigenvalue weighted by Crippen LogP contribution is -2.29. The number of carbonyl (C=O) groups is 1. The van der Waals surface area contributed by atoms with Crippen molar-refractivity contribution < 1.29 is 4.79 Å². The minimum atomic E-state index is -0.0651. The van der Waals surface area contributed by atoms with Crippen molar-refractivity contribution in [3.05, 3.63) is 47.2 Å². The van der Waals surface area contributed by atoms with Crippen molar-refractivity contribution in [3.63, 3.8) is 0 Å². The number of amides is 1. The Balaban J connectivity index is 1.50. The molecule has 1 aliphatic heterocycles. The summed E-state index contributed by atoms with van der Waals surface area (Å²) in [7, 11) is 0. The van der Waals surface area contributed by atoms with Gasteiger partial charge in [-0.2, -0.15) is 4.98 Å². The number of nitrogens with zero attached hydrogens (tertiary/aromatic N) is 3. The molecule has 132 valence electrons. The Bertz CT molecular complexity index is 723. The monoisotopic (exact) mass is 339 g/mol. The molecule has 1 aliphatic rings. The highest BCUT2D eigenvalue weighted by atomic mass is 16.1. The lowest BCUT2D eigenvalue weighted by Gasteiger charge is -2.17. The first-order chi connectivity index (χ1) is 12.1. The highest BCUT2D eigenvalue weighted by Gasteiger charge is 2.15. The van der Waals surface area contributed by atoms with Crippen LogP contribution in [0.25, 0.3) is 0 Å². The molecule has 1 aromatic heterocycles. The molecule has 0 bridgehead atoms. The van der Waals surface area contributed by atoms with Crippen molar-refractivity contribution in [2.45, 2.75) is 26.7 Å². The van der Waals surface area contributed by atoms with Crippen LogP contribution in [0.3, 0.4) is 0 Å². The third-order valence-corrected chi connectivity index (χ3v) is 4.28. The Morgan fingerprint density at radius 2 is 1.80 bits per heavy atom. The second kappa shape index (κ2) is 7.96.